The van der Waals surface area contributed by atoms with Crippen LogP contribution in [0.2, 0.25) is 0 Å². The molecule has 0 aromatic carbocycles. The van der Waals surface area contributed by atoms with Crippen LogP contribution in [0, 0.1) is 0 Å². The number of carboxylic acids is 2. The molecule has 1 aromatic rings. The Morgan fingerprint density at radius 3 is 2.65 bits per heavy atom. The summed E-state index contributed by atoms with van der Waals surface area (Å²) in [5, 5.41) is 17.9. The van der Waals surface area contributed by atoms with Gasteiger partial charge in [0.25, 0.3) is 0 Å². The lowest BCUT2D eigenvalue weighted by Gasteiger charge is -2.18. The number of aliphatic carboxylic acids is 1. The molecule has 0 spiro atoms. The van der Waals surface area contributed by atoms with Crippen molar-refractivity contribution in [2.75, 3.05) is 0 Å². The van der Waals surface area contributed by atoms with Gasteiger partial charge in [0.1, 0.15) is 5.82 Å². The number of nitrogens with zero attached hydrogens (tertiary/aromatic N) is 2. The van der Waals surface area contributed by atoms with Gasteiger partial charge in [-0.25, -0.2) is 9.78 Å². The Kier molecular flexibility index (Phi) is 2.84. The highest BCUT2D eigenvalue weighted by Crippen LogP contribution is 2.23. The van der Waals surface area contributed by atoms with Crippen molar-refractivity contribution >= 4 is 11.9 Å². The fraction of sp³-hybridized carbons (Fsp3) is 0.500. The molecule has 0 aliphatic carbocycles. The summed E-state index contributed by atoms with van der Waals surface area (Å²) in [4.78, 5) is 25.7. The average Bonchev–Trinajstić information content (AvgIpc) is 2.67. The van der Waals surface area contributed by atoms with Crippen molar-refractivity contribution in [3.63, 3.8) is 0 Å². The Labute approximate surface area is 96.9 Å². The fourth-order valence-corrected chi connectivity index (χ4v) is 2.09. The maximum Gasteiger partial charge on any atom is 0.356 e. The van der Waals surface area contributed by atoms with Crippen molar-refractivity contribution in [3.05, 3.63) is 17.2 Å². The van der Waals surface area contributed by atoms with E-state index in [1.54, 1.807) is 4.57 Å². The number of hydrogen-bond donors (Lipinski definition) is 3. The number of imidazole rings is 1. The van der Waals surface area contributed by atoms with Crippen LogP contribution in [-0.2, 0) is 17.8 Å². The van der Waals surface area contributed by atoms with Crippen LogP contribution in [0.1, 0.15) is 40.9 Å². The minimum absolute atomic E-state index is 0.0728. The maximum absolute atomic E-state index is 11.0. The van der Waals surface area contributed by atoms with Crippen LogP contribution in [-0.4, -0.2) is 31.7 Å². The summed E-state index contributed by atoms with van der Waals surface area (Å²) in [6.45, 7) is 0.575. The highest BCUT2D eigenvalue weighted by atomic mass is 16.4. The Hall–Kier alpha value is -1.89. The maximum atomic E-state index is 11.0. The van der Waals surface area contributed by atoms with E-state index in [-0.39, 0.29) is 11.5 Å². The molecule has 0 fully saturated rings. The summed E-state index contributed by atoms with van der Waals surface area (Å²) in [5.41, 5.74) is 6.01. The third-order valence-corrected chi connectivity index (χ3v) is 2.89. The van der Waals surface area contributed by atoms with Crippen molar-refractivity contribution in [2.45, 2.75) is 31.8 Å². The van der Waals surface area contributed by atoms with Gasteiger partial charge in [0.05, 0.1) is 5.69 Å². The van der Waals surface area contributed by atoms with Crippen LogP contribution in [0.15, 0.2) is 0 Å². The first-order valence-electron chi connectivity index (χ1n) is 5.33. The van der Waals surface area contributed by atoms with Crippen LogP contribution in [0.5, 0.6) is 0 Å². The summed E-state index contributed by atoms with van der Waals surface area (Å²) < 4.78 is 1.63. The van der Waals surface area contributed by atoms with Crippen LogP contribution in [0.25, 0.3) is 0 Å². The number of carbonyl (C=O) groups is 2. The summed E-state index contributed by atoms with van der Waals surface area (Å²) in [6, 6.07) is -1.28. The lowest BCUT2D eigenvalue weighted by Crippen LogP contribution is -2.26. The smallest absolute Gasteiger partial charge is 0.356 e. The first-order valence-corrected chi connectivity index (χ1v) is 5.33. The van der Waals surface area contributed by atoms with Crippen molar-refractivity contribution in [1.82, 2.24) is 9.55 Å². The molecule has 0 radical (unpaired) electrons. The molecule has 7 nitrogen and oxygen atoms in total. The molecule has 4 N–H and O–H groups in total. The first kappa shape index (κ1) is 11.6. The quantitative estimate of drug-likeness (QED) is 0.683. The second kappa shape index (κ2) is 4.17. The molecule has 0 amide bonds. The SMILES string of the molecule is NC(C(=O)O)c1nc(C(=O)O)c2n1CCCC2. The van der Waals surface area contributed by atoms with Gasteiger partial charge in [-0.1, -0.05) is 0 Å². The molecule has 1 aliphatic rings. The number of fused-ring (bicyclic) bond motifs is 1. The molecule has 0 saturated carbocycles. The Morgan fingerprint density at radius 1 is 1.35 bits per heavy atom. The van der Waals surface area contributed by atoms with E-state index >= 15 is 0 Å². The minimum atomic E-state index is -1.28. The average molecular weight is 239 g/mol. The van der Waals surface area contributed by atoms with Gasteiger partial charge in [0.15, 0.2) is 11.7 Å². The summed E-state index contributed by atoms with van der Waals surface area (Å²) >= 11 is 0. The highest BCUT2D eigenvalue weighted by molar-refractivity contribution is 5.87. The topological polar surface area (TPSA) is 118 Å². The molecular weight excluding hydrogens is 226 g/mol. The van der Waals surface area contributed by atoms with E-state index < -0.39 is 18.0 Å². The number of aromatic nitrogens is 2. The molecule has 2 rings (SSSR count). The summed E-state index contributed by atoms with van der Waals surface area (Å²) in [7, 11) is 0. The highest BCUT2D eigenvalue weighted by Gasteiger charge is 2.29. The fourth-order valence-electron chi connectivity index (χ4n) is 2.09. The van der Waals surface area contributed by atoms with Crippen LogP contribution in [0.3, 0.4) is 0 Å². The first-order chi connectivity index (χ1) is 8.02. The number of hydrogen-bond acceptors (Lipinski definition) is 4. The minimum Gasteiger partial charge on any atom is -0.480 e. The molecule has 1 unspecified atom stereocenters. The molecule has 1 atom stereocenters. The number of carboxylic acid groups (broad SMARTS) is 2. The Bertz CT molecular complexity index is 480. The third kappa shape index (κ3) is 1.89. The van der Waals surface area contributed by atoms with E-state index in [2.05, 4.69) is 4.98 Å². The second-order valence-corrected chi connectivity index (χ2v) is 4.00. The van der Waals surface area contributed by atoms with E-state index in [0.717, 1.165) is 12.8 Å². The molecule has 0 saturated heterocycles. The normalized spacial score (nSPS) is 16.3. The Balaban J connectivity index is 2.53. The molecule has 92 valence electrons. The summed E-state index contributed by atoms with van der Waals surface area (Å²) in [6.07, 6.45) is 2.36. The molecule has 1 aliphatic heterocycles. The number of aromatic carboxylic acids is 1. The van der Waals surface area contributed by atoms with Crippen molar-refractivity contribution in [2.24, 2.45) is 5.73 Å². The second-order valence-electron chi connectivity index (χ2n) is 4.00. The third-order valence-electron chi connectivity index (χ3n) is 2.89. The number of rotatable bonds is 3. The van der Waals surface area contributed by atoms with Crippen LogP contribution < -0.4 is 5.73 Å². The standard InChI is InChI=1S/C10H13N3O4/c11-6(9(14)15)8-12-7(10(16)17)5-3-1-2-4-13(5)8/h6H,1-4,11H2,(H,14,15)(H,16,17). The van der Waals surface area contributed by atoms with Gasteiger partial charge >= 0.3 is 11.9 Å². The molecule has 2 heterocycles. The van der Waals surface area contributed by atoms with Gasteiger partial charge in [0, 0.05) is 6.54 Å². The van der Waals surface area contributed by atoms with E-state index in [0.29, 0.717) is 18.7 Å². The van der Waals surface area contributed by atoms with Crippen molar-refractivity contribution < 1.29 is 19.8 Å². The van der Waals surface area contributed by atoms with E-state index in [4.69, 9.17) is 15.9 Å². The Morgan fingerprint density at radius 2 is 2.06 bits per heavy atom. The van der Waals surface area contributed by atoms with Crippen LogP contribution >= 0.6 is 0 Å². The van der Waals surface area contributed by atoms with E-state index in [9.17, 15) is 9.59 Å². The number of nitrogens with two attached hydrogens (primary N) is 1. The van der Waals surface area contributed by atoms with Crippen LogP contribution in [0.4, 0.5) is 0 Å². The van der Waals surface area contributed by atoms with Gasteiger partial charge < -0.3 is 20.5 Å². The van der Waals surface area contributed by atoms with Gasteiger partial charge in [-0.15, -0.1) is 0 Å². The lowest BCUT2D eigenvalue weighted by molar-refractivity contribution is -0.138. The lowest BCUT2D eigenvalue weighted by atomic mass is 10.1. The largest absolute Gasteiger partial charge is 0.480 e. The molecular formula is C10H13N3O4. The molecule has 7 heteroatoms. The van der Waals surface area contributed by atoms with Crippen molar-refractivity contribution in [3.8, 4) is 0 Å². The van der Waals surface area contributed by atoms with Gasteiger partial charge in [-0.2, -0.15) is 0 Å². The zero-order chi connectivity index (χ0) is 12.6. The molecule has 0 bridgehead atoms. The van der Waals surface area contributed by atoms with Crippen molar-refractivity contribution in [1.29, 1.82) is 0 Å². The zero-order valence-electron chi connectivity index (χ0n) is 9.09. The van der Waals surface area contributed by atoms with E-state index in [1.807, 2.05) is 0 Å². The van der Waals surface area contributed by atoms with Gasteiger partial charge in [-0.05, 0) is 19.3 Å². The van der Waals surface area contributed by atoms with Gasteiger partial charge in [-0.3, -0.25) is 4.79 Å². The zero-order valence-corrected chi connectivity index (χ0v) is 9.09. The van der Waals surface area contributed by atoms with Gasteiger partial charge in [0.2, 0.25) is 0 Å². The molecule has 1 aromatic heterocycles. The monoisotopic (exact) mass is 239 g/mol. The predicted octanol–water partition coefficient (Wildman–Crippen LogP) is 0.00200. The van der Waals surface area contributed by atoms with E-state index in [1.165, 1.54) is 0 Å². The molecule has 17 heavy (non-hydrogen) atoms. The predicted molar refractivity (Wildman–Crippen MR) is 56.7 cm³/mol. The summed E-state index contributed by atoms with van der Waals surface area (Å²) in [5.74, 6) is -2.22.